The van der Waals surface area contributed by atoms with Gasteiger partial charge in [-0.1, -0.05) is 23.4 Å². The van der Waals surface area contributed by atoms with Crippen molar-refractivity contribution >= 4 is 28.6 Å². The molecule has 0 aliphatic heterocycles. The molecule has 0 unspecified atom stereocenters. The Hall–Kier alpha value is -3.51. The van der Waals surface area contributed by atoms with Crippen LogP contribution in [-0.4, -0.2) is 38.3 Å². The summed E-state index contributed by atoms with van der Waals surface area (Å²) in [6.45, 7) is 14.9. The van der Waals surface area contributed by atoms with E-state index in [4.69, 9.17) is 19.3 Å². The number of nitrogens with zero attached hydrogens (tertiary/aromatic N) is 3. The van der Waals surface area contributed by atoms with Gasteiger partial charge in [0.2, 0.25) is 0 Å². The van der Waals surface area contributed by atoms with Crippen LogP contribution >= 0.6 is 22.6 Å². The summed E-state index contributed by atoms with van der Waals surface area (Å²) in [5, 5.41) is 17.9. The molecule has 4 rings (SSSR count). The van der Waals surface area contributed by atoms with Crippen molar-refractivity contribution < 1.29 is 28.5 Å². The van der Waals surface area contributed by atoms with Gasteiger partial charge in [0.25, 0.3) is 0 Å². The van der Waals surface area contributed by atoms with Crippen molar-refractivity contribution in [3.8, 4) is 17.2 Å². The minimum Gasteiger partial charge on any atom is -0.487 e. The van der Waals surface area contributed by atoms with Crippen LogP contribution < -0.4 is 9.47 Å². The lowest BCUT2D eigenvalue weighted by atomic mass is 9.97. The number of benzene rings is 3. The molecule has 0 amide bonds. The number of aromatic nitrogens is 3. The maximum atomic E-state index is 13.3. The standard InChI is InChI=1S/C35H41FIN3O5/c1-22-14-26(18-31(41)42)17-30(37)33(22)45-29-15-23(2)32(24(3)16-29)43-21-28-20-40(39-38-28)34(4,5)12-13-44-35(6,7)19-25-8-10-27(36)11-9-25/h8-11,14-17,20H,12-13,18-19,21H2,1-7H3,(H,41,42). The molecule has 3 aromatic carbocycles. The normalized spacial score (nSPS) is 11.9. The number of carboxylic acids is 1. The second-order valence-corrected chi connectivity index (χ2v) is 13.9. The first-order chi connectivity index (χ1) is 21.1. The van der Waals surface area contributed by atoms with Crippen molar-refractivity contribution in [1.82, 2.24) is 15.0 Å². The third kappa shape index (κ3) is 9.49. The highest BCUT2D eigenvalue weighted by molar-refractivity contribution is 14.1. The summed E-state index contributed by atoms with van der Waals surface area (Å²) < 4.78 is 34.6. The average molecular weight is 730 g/mol. The Bertz CT molecular complexity index is 1600. The molecule has 10 heteroatoms. The largest absolute Gasteiger partial charge is 0.487 e. The molecule has 0 aliphatic rings. The lowest BCUT2D eigenvalue weighted by Crippen LogP contribution is -2.33. The summed E-state index contributed by atoms with van der Waals surface area (Å²) in [6, 6.07) is 14.1. The van der Waals surface area contributed by atoms with Crippen LogP contribution in [0.15, 0.2) is 54.7 Å². The second kappa shape index (κ2) is 14.3. The van der Waals surface area contributed by atoms with E-state index in [-0.39, 0.29) is 24.4 Å². The van der Waals surface area contributed by atoms with Crippen LogP contribution in [0, 0.1) is 30.2 Å². The molecule has 0 radical (unpaired) electrons. The fourth-order valence-electron chi connectivity index (χ4n) is 5.17. The summed E-state index contributed by atoms with van der Waals surface area (Å²) in [5.74, 6) is 1.04. The van der Waals surface area contributed by atoms with Crippen molar-refractivity contribution in [1.29, 1.82) is 0 Å². The van der Waals surface area contributed by atoms with Crippen LogP contribution in [0.2, 0.25) is 0 Å². The Morgan fingerprint density at radius 1 is 0.956 bits per heavy atom. The molecule has 0 bridgehead atoms. The number of aryl methyl sites for hydroxylation is 3. The Labute approximate surface area is 278 Å². The van der Waals surface area contributed by atoms with Crippen molar-refractivity contribution in [2.45, 2.75) is 85.5 Å². The van der Waals surface area contributed by atoms with E-state index in [0.29, 0.717) is 30.2 Å². The molecule has 0 saturated carbocycles. The zero-order valence-electron chi connectivity index (χ0n) is 26.9. The van der Waals surface area contributed by atoms with Crippen molar-refractivity contribution in [3.05, 3.63) is 97.6 Å². The van der Waals surface area contributed by atoms with Gasteiger partial charge < -0.3 is 19.3 Å². The van der Waals surface area contributed by atoms with Crippen LogP contribution in [0.5, 0.6) is 17.2 Å². The van der Waals surface area contributed by atoms with E-state index in [9.17, 15) is 9.18 Å². The number of carbonyl (C=O) groups is 1. The average Bonchev–Trinajstić information content (AvgIpc) is 3.41. The minimum atomic E-state index is -0.864. The zero-order valence-corrected chi connectivity index (χ0v) is 29.1. The Balaban J connectivity index is 1.34. The van der Waals surface area contributed by atoms with E-state index in [2.05, 4.69) is 46.8 Å². The van der Waals surface area contributed by atoms with Gasteiger partial charge in [0.05, 0.1) is 27.3 Å². The fraction of sp³-hybridized carbons (Fsp3) is 0.400. The molecule has 8 nitrogen and oxygen atoms in total. The second-order valence-electron chi connectivity index (χ2n) is 12.7. The molecule has 0 saturated heterocycles. The van der Waals surface area contributed by atoms with E-state index in [0.717, 1.165) is 43.6 Å². The maximum absolute atomic E-state index is 13.3. The molecule has 1 heterocycles. The number of hydrogen-bond acceptors (Lipinski definition) is 6. The summed E-state index contributed by atoms with van der Waals surface area (Å²) in [5.41, 5.74) is 4.49. The van der Waals surface area contributed by atoms with Gasteiger partial charge in [0.1, 0.15) is 35.4 Å². The van der Waals surface area contributed by atoms with Gasteiger partial charge in [-0.3, -0.25) is 4.79 Å². The zero-order chi connectivity index (χ0) is 32.9. The summed E-state index contributed by atoms with van der Waals surface area (Å²) in [6.07, 6.45) is 3.29. The molecule has 0 atom stereocenters. The SMILES string of the molecule is Cc1cc(Oc2c(C)cc(CC(=O)O)cc2I)cc(C)c1OCc1cn(C(C)(C)CCOC(C)(C)Cc2ccc(F)cc2)nn1. The number of hydrogen-bond donors (Lipinski definition) is 1. The summed E-state index contributed by atoms with van der Waals surface area (Å²) in [4.78, 5) is 11.1. The number of ether oxygens (including phenoxy) is 3. The molecule has 0 aliphatic carbocycles. The lowest BCUT2D eigenvalue weighted by molar-refractivity contribution is -0.136. The molecule has 4 aromatic rings. The summed E-state index contributed by atoms with van der Waals surface area (Å²) >= 11 is 2.18. The monoisotopic (exact) mass is 729 g/mol. The number of carboxylic acid groups (broad SMARTS) is 1. The first-order valence-corrected chi connectivity index (χ1v) is 15.9. The van der Waals surface area contributed by atoms with Crippen LogP contribution in [-0.2, 0) is 34.5 Å². The predicted molar refractivity (Wildman–Crippen MR) is 180 cm³/mol. The first-order valence-electron chi connectivity index (χ1n) is 14.8. The van der Waals surface area contributed by atoms with Gasteiger partial charge in [0.15, 0.2) is 0 Å². The van der Waals surface area contributed by atoms with E-state index in [1.54, 1.807) is 12.1 Å². The number of rotatable bonds is 14. The third-order valence-electron chi connectivity index (χ3n) is 7.57. The number of aliphatic carboxylic acids is 1. The third-order valence-corrected chi connectivity index (χ3v) is 8.37. The highest BCUT2D eigenvalue weighted by Gasteiger charge is 2.25. The quantitative estimate of drug-likeness (QED) is 0.131. The smallest absolute Gasteiger partial charge is 0.307 e. The fourth-order valence-corrected chi connectivity index (χ4v) is 6.10. The van der Waals surface area contributed by atoms with E-state index in [1.807, 2.05) is 69.8 Å². The highest BCUT2D eigenvalue weighted by Crippen LogP contribution is 2.35. The van der Waals surface area contributed by atoms with Crippen LogP contribution in [0.4, 0.5) is 4.39 Å². The van der Waals surface area contributed by atoms with E-state index in [1.165, 1.54) is 12.1 Å². The molecule has 1 aromatic heterocycles. The Kier molecular flexibility index (Phi) is 10.9. The van der Waals surface area contributed by atoms with E-state index < -0.39 is 11.6 Å². The molecule has 1 N–H and O–H groups in total. The van der Waals surface area contributed by atoms with E-state index >= 15 is 0 Å². The van der Waals surface area contributed by atoms with Gasteiger partial charge >= 0.3 is 5.97 Å². The molecule has 0 fully saturated rings. The molecule has 0 spiro atoms. The minimum absolute atomic E-state index is 0.0283. The molecule has 45 heavy (non-hydrogen) atoms. The molecular formula is C35H41FIN3O5. The van der Waals surface area contributed by atoms with Gasteiger partial charge in [-0.05, 0) is 136 Å². The molecular weight excluding hydrogens is 688 g/mol. The topological polar surface area (TPSA) is 95.7 Å². The van der Waals surface area contributed by atoms with Crippen LogP contribution in [0.3, 0.4) is 0 Å². The van der Waals surface area contributed by atoms with Crippen molar-refractivity contribution in [3.63, 3.8) is 0 Å². The van der Waals surface area contributed by atoms with Crippen LogP contribution in [0.1, 0.15) is 67.6 Å². The highest BCUT2D eigenvalue weighted by atomic mass is 127. The van der Waals surface area contributed by atoms with Crippen molar-refractivity contribution in [2.24, 2.45) is 0 Å². The van der Waals surface area contributed by atoms with Gasteiger partial charge in [0, 0.05) is 13.0 Å². The lowest BCUT2D eigenvalue weighted by Gasteiger charge is -2.29. The maximum Gasteiger partial charge on any atom is 0.307 e. The van der Waals surface area contributed by atoms with Gasteiger partial charge in [-0.15, -0.1) is 5.10 Å². The Morgan fingerprint density at radius 3 is 2.22 bits per heavy atom. The van der Waals surface area contributed by atoms with Gasteiger partial charge in [-0.2, -0.15) is 0 Å². The van der Waals surface area contributed by atoms with Crippen LogP contribution in [0.25, 0.3) is 0 Å². The first kappa shape index (κ1) is 34.4. The number of halogens is 2. The van der Waals surface area contributed by atoms with Gasteiger partial charge in [-0.25, -0.2) is 9.07 Å². The summed E-state index contributed by atoms with van der Waals surface area (Å²) in [7, 11) is 0. The van der Waals surface area contributed by atoms with Crippen molar-refractivity contribution in [2.75, 3.05) is 6.61 Å². The predicted octanol–water partition coefficient (Wildman–Crippen LogP) is 8.11. The molecule has 240 valence electrons. The Morgan fingerprint density at radius 2 is 1.60 bits per heavy atom.